The number of ether oxygens (including phenoxy) is 1. The number of nitrogens with one attached hydrogen (secondary N) is 1. The van der Waals surface area contributed by atoms with Gasteiger partial charge in [0, 0.05) is 18.2 Å². The van der Waals surface area contributed by atoms with Crippen molar-refractivity contribution in [3.8, 4) is 5.75 Å². The molecule has 1 aliphatic heterocycles. The first kappa shape index (κ1) is 18.5. The largest absolute Gasteiger partial charge is 0.490 e. The summed E-state index contributed by atoms with van der Waals surface area (Å²) in [7, 11) is 0. The average Bonchev–Trinajstić information content (AvgIpc) is 3.07. The van der Waals surface area contributed by atoms with Gasteiger partial charge in [0.1, 0.15) is 5.75 Å². The maximum Gasteiger partial charge on any atom is 0.401 e. The van der Waals surface area contributed by atoms with Crippen LogP contribution in [0.1, 0.15) is 44.1 Å². The Bertz CT molecular complexity index is 536. The maximum atomic E-state index is 12.4. The zero-order valence-electron chi connectivity index (χ0n) is 14.5. The zero-order valence-corrected chi connectivity index (χ0v) is 14.5. The first-order chi connectivity index (χ1) is 12.0. The van der Waals surface area contributed by atoms with E-state index in [4.69, 9.17) is 4.74 Å². The third-order valence-corrected chi connectivity index (χ3v) is 5.14. The first-order valence-electron chi connectivity index (χ1n) is 9.27. The van der Waals surface area contributed by atoms with Crippen LogP contribution in [-0.2, 0) is 6.54 Å². The molecule has 0 unspecified atom stereocenters. The Morgan fingerprint density at radius 1 is 1.04 bits per heavy atom. The van der Waals surface area contributed by atoms with E-state index < -0.39 is 12.7 Å². The van der Waals surface area contributed by atoms with Crippen LogP contribution in [0.15, 0.2) is 24.3 Å². The van der Waals surface area contributed by atoms with Gasteiger partial charge in [-0.05, 0) is 57.7 Å². The van der Waals surface area contributed by atoms with Crippen LogP contribution in [0.2, 0.25) is 0 Å². The van der Waals surface area contributed by atoms with Crippen molar-refractivity contribution in [1.29, 1.82) is 0 Å². The van der Waals surface area contributed by atoms with Gasteiger partial charge in [0.05, 0.1) is 12.6 Å². The normalized spacial score (nSPS) is 20.9. The molecule has 25 heavy (non-hydrogen) atoms. The number of nitrogens with zero attached hydrogens (tertiary/aromatic N) is 1. The Labute approximate surface area is 147 Å². The van der Waals surface area contributed by atoms with Gasteiger partial charge in [-0.3, -0.25) is 4.90 Å². The summed E-state index contributed by atoms with van der Waals surface area (Å²) in [5.41, 5.74) is 1.13. The Balaban J connectivity index is 1.46. The Morgan fingerprint density at radius 2 is 1.72 bits per heavy atom. The molecular formula is C19H27F3N2O. The van der Waals surface area contributed by atoms with Gasteiger partial charge in [0.2, 0.25) is 0 Å². The summed E-state index contributed by atoms with van der Waals surface area (Å²) in [5.74, 6) is 0.941. The number of alkyl halides is 3. The highest BCUT2D eigenvalue weighted by Gasteiger charge is 2.32. The molecule has 1 aromatic carbocycles. The molecule has 2 aliphatic rings. The van der Waals surface area contributed by atoms with Crippen LogP contribution in [0.4, 0.5) is 13.2 Å². The molecule has 0 bridgehead atoms. The number of piperidine rings is 1. The lowest BCUT2D eigenvalue weighted by Gasteiger charge is -2.33. The van der Waals surface area contributed by atoms with E-state index in [-0.39, 0.29) is 6.04 Å². The quantitative estimate of drug-likeness (QED) is 0.830. The van der Waals surface area contributed by atoms with E-state index in [1.165, 1.54) is 17.7 Å². The van der Waals surface area contributed by atoms with Gasteiger partial charge in [0.25, 0.3) is 0 Å². The lowest BCUT2D eigenvalue weighted by atomic mass is 10.0. The van der Waals surface area contributed by atoms with Crippen LogP contribution < -0.4 is 10.1 Å². The molecule has 1 saturated carbocycles. The van der Waals surface area contributed by atoms with Crippen molar-refractivity contribution in [3.63, 3.8) is 0 Å². The van der Waals surface area contributed by atoms with E-state index >= 15 is 0 Å². The standard InChI is InChI=1S/C19H27F3N2O/c20-19(21,22)14-24-11-9-16(10-12-24)23-13-15-5-1-4-8-18(15)25-17-6-2-3-7-17/h1,4-5,8,16-17,23H,2-3,6-7,9-14H2. The summed E-state index contributed by atoms with van der Waals surface area (Å²) in [6.45, 7) is 0.902. The van der Waals surface area contributed by atoms with Gasteiger partial charge < -0.3 is 10.1 Å². The van der Waals surface area contributed by atoms with Gasteiger partial charge in [-0.15, -0.1) is 0 Å². The van der Waals surface area contributed by atoms with Gasteiger partial charge in [0.15, 0.2) is 0 Å². The number of hydrogen-bond acceptors (Lipinski definition) is 3. The molecule has 1 aliphatic carbocycles. The highest BCUT2D eigenvalue weighted by Crippen LogP contribution is 2.27. The van der Waals surface area contributed by atoms with Gasteiger partial charge in [-0.25, -0.2) is 0 Å². The van der Waals surface area contributed by atoms with Gasteiger partial charge in [-0.2, -0.15) is 13.2 Å². The minimum absolute atomic E-state index is 0.268. The lowest BCUT2D eigenvalue weighted by Crippen LogP contribution is -2.45. The van der Waals surface area contributed by atoms with Crippen LogP contribution in [0, 0.1) is 0 Å². The molecular weight excluding hydrogens is 329 g/mol. The van der Waals surface area contributed by atoms with Crippen molar-refractivity contribution >= 4 is 0 Å². The predicted octanol–water partition coefficient (Wildman–Crippen LogP) is 4.12. The molecule has 0 radical (unpaired) electrons. The highest BCUT2D eigenvalue weighted by atomic mass is 19.4. The van der Waals surface area contributed by atoms with E-state index in [2.05, 4.69) is 11.4 Å². The summed E-state index contributed by atoms with van der Waals surface area (Å²) in [6, 6.07) is 8.34. The molecule has 1 aromatic rings. The summed E-state index contributed by atoms with van der Waals surface area (Å²) in [4.78, 5) is 1.50. The van der Waals surface area contributed by atoms with Crippen molar-refractivity contribution < 1.29 is 17.9 Å². The summed E-state index contributed by atoms with van der Waals surface area (Å²) in [6.07, 6.45) is 2.45. The molecule has 6 heteroatoms. The second kappa shape index (κ2) is 8.41. The fraction of sp³-hybridized carbons (Fsp3) is 0.684. The third-order valence-electron chi connectivity index (χ3n) is 5.14. The van der Waals surface area contributed by atoms with Crippen LogP contribution >= 0.6 is 0 Å². The molecule has 3 nitrogen and oxygen atoms in total. The Kier molecular flexibility index (Phi) is 6.23. The van der Waals surface area contributed by atoms with E-state index in [0.717, 1.165) is 37.0 Å². The second-order valence-electron chi connectivity index (χ2n) is 7.18. The molecule has 1 heterocycles. The fourth-order valence-corrected chi connectivity index (χ4v) is 3.75. The molecule has 1 N–H and O–H groups in total. The van der Waals surface area contributed by atoms with Crippen LogP contribution in [-0.4, -0.2) is 42.9 Å². The van der Waals surface area contributed by atoms with E-state index in [9.17, 15) is 13.2 Å². The van der Waals surface area contributed by atoms with Crippen molar-refractivity contribution in [3.05, 3.63) is 29.8 Å². The highest BCUT2D eigenvalue weighted by molar-refractivity contribution is 5.33. The lowest BCUT2D eigenvalue weighted by molar-refractivity contribution is -0.148. The molecule has 0 amide bonds. The Hall–Kier alpha value is -1.27. The van der Waals surface area contributed by atoms with Gasteiger partial charge >= 0.3 is 6.18 Å². The first-order valence-corrected chi connectivity index (χ1v) is 9.27. The van der Waals surface area contributed by atoms with E-state index in [0.29, 0.717) is 25.7 Å². The van der Waals surface area contributed by atoms with Crippen molar-refractivity contribution in [2.24, 2.45) is 0 Å². The van der Waals surface area contributed by atoms with E-state index in [1.807, 2.05) is 18.2 Å². The molecule has 1 saturated heterocycles. The average molecular weight is 356 g/mol. The summed E-state index contributed by atoms with van der Waals surface area (Å²) in [5, 5.41) is 3.50. The molecule has 0 spiro atoms. The number of benzene rings is 1. The second-order valence-corrected chi connectivity index (χ2v) is 7.18. The number of likely N-dealkylation sites (tertiary alicyclic amines) is 1. The minimum Gasteiger partial charge on any atom is -0.490 e. The van der Waals surface area contributed by atoms with Crippen LogP contribution in [0.5, 0.6) is 5.75 Å². The maximum absolute atomic E-state index is 12.4. The fourth-order valence-electron chi connectivity index (χ4n) is 3.75. The minimum atomic E-state index is -4.10. The number of para-hydroxylation sites is 1. The predicted molar refractivity (Wildman–Crippen MR) is 91.7 cm³/mol. The molecule has 0 aromatic heterocycles. The summed E-state index contributed by atoms with van der Waals surface area (Å²) >= 11 is 0. The van der Waals surface area contributed by atoms with Gasteiger partial charge in [-0.1, -0.05) is 18.2 Å². The number of halogens is 3. The monoisotopic (exact) mass is 356 g/mol. The molecule has 2 fully saturated rings. The zero-order chi connectivity index (χ0) is 17.7. The van der Waals surface area contributed by atoms with Crippen molar-refractivity contribution in [1.82, 2.24) is 10.2 Å². The van der Waals surface area contributed by atoms with Crippen molar-refractivity contribution in [2.75, 3.05) is 19.6 Å². The molecule has 0 atom stereocenters. The third kappa shape index (κ3) is 5.89. The summed E-state index contributed by atoms with van der Waals surface area (Å²) < 4.78 is 43.5. The molecule has 140 valence electrons. The molecule has 3 rings (SSSR count). The van der Waals surface area contributed by atoms with E-state index in [1.54, 1.807) is 0 Å². The van der Waals surface area contributed by atoms with Crippen LogP contribution in [0.3, 0.4) is 0 Å². The SMILES string of the molecule is FC(F)(F)CN1CCC(NCc2ccccc2OC2CCCC2)CC1. The Morgan fingerprint density at radius 3 is 2.40 bits per heavy atom. The van der Waals surface area contributed by atoms with Crippen molar-refractivity contribution in [2.45, 2.75) is 63.4 Å². The number of rotatable bonds is 6. The smallest absolute Gasteiger partial charge is 0.401 e. The van der Waals surface area contributed by atoms with Crippen LogP contribution in [0.25, 0.3) is 0 Å². The topological polar surface area (TPSA) is 24.5 Å². The number of hydrogen-bond donors (Lipinski definition) is 1.